The summed E-state index contributed by atoms with van der Waals surface area (Å²) in [6.45, 7) is 8.66. The molecule has 2 fully saturated rings. The quantitative estimate of drug-likeness (QED) is 0.558. The van der Waals surface area contributed by atoms with E-state index in [9.17, 15) is 9.18 Å². The zero-order valence-corrected chi connectivity index (χ0v) is 21.4. The van der Waals surface area contributed by atoms with Crippen molar-refractivity contribution in [3.05, 3.63) is 71.3 Å². The van der Waals surface area contributed by atoms with Crippen molar-refractivity contribution in [2.75, 3.05) is 43.2 Å². The number of nitrogens with zero attached hydrogens (tertiary/aromatic N) is 3. The molecule has 1 spiro atoms. The number of aryl methyl sites for hydroxylation is 1. The molecule has 3 aromatic rings. The van der Waals surface area contributed by atoms with Crippen LogP contribution in [0.5, 0.6) is 0 Å². The average molecular weight is 503 g/mol. The largest absolute Gasteiger partial charge is 0.380 e. The third kappa shape index (κ3) is 4.28. The molecule has 1 amide bonds. The smallest absolute Gasteiger partial charge is 0.255 e. The van der Waals surface area contributed by atoms with Gasteiger partial charge < -0.3 is 19.7 Å². The van der Waals surface area contributed by atoms with Gasteiger partial charge in [0.25, 0.3) is 5.91 Å². The highest BCUT2D eigenvalue weighted by Crippen LogP contribution is 2.47. The molecule has 37 heavy (non-hydrogen) atoms. The van der Waals surface area contributed by atoms with Gasteiger partial charge in [0.15, 0.2) is 0 Å². The lowest BCUT2D eigenvalue weighted by Crippen LogP contribution is -2.65. The van der Waals surface area contributed by atoms with E-state index in [2.05, 4.69) is 28.2 Å². The minimum atomic E-state index is -1.63. The van der Waals surface area contributed by atoms with Crippen molar-refractivity contribution in [1.29, 1.82) is 0 Å². The first-order valence-corrected chi connectivity index (χ1v) is 12.7. The lowest BCUT2D eigenvalue weighted by Gasteiger charge is -2.56. The van der Waals surface area contributed by atoms with Gasteiger partial charge in [-0.1, -0.05) is 6.07 Å². The highest BCUT2D eigenvalue weighted by atomic mass is 19.1. The van der Waals surface area contributed by atoms with Gasteiger partial charge in [-0.15, -0.1) is 0 Å². The van der Waals surface area contributed by atoms with Crippen LogP contribution in [0.4, 0.5) is 15.8 Å². The minimum Gasteiger partial charge on any atom is -0.380 e. The van der Waals surface area contributed by atoms with Crippen LogP contribution in [0.25, 0.3) is 11.1 Å². The van der Waals surface area contributed by atoms with E-state index in [0.717, 1.165) is 54.3 Å². The summed E-state index contributed by atoms with van der Waals surface area (Å²) >= 11 is 0. The van der Waals surface area contributed by atoms with Crippen molar-refractivity contribution in [2.24, 2.45) is 5.41 Å². The Bertz CT molecular complexity index is 1370. The van der Waals surface area contributed by atoms with Crippen LogP contribution in [0.3, 0.4) is 0 Å². The van der Waals surface area contributed by atoms with Gasteiger partial charge >= 0.3 is 0 Å². The molecule has 1 aromatic carbocycles. The molecule has 2 saturated heterocycles. The van der Waals surface area contributed by atoms with Gasteiger partial charge in [-0.05, 0) is 62.2 Å². The van der Waals surface area contributed by atoms with Gasteiger partial charge in [0.2, 0.25) is 0 Å². The summed E-state index contributed by atoms with van der Waals surface area (Å²) < 4.78 is 25.8. The molecule has 192 valence electrons. The summed E-state index contributed by atoms with van der Waals surface area (Å²) in [7, 11) is 0. The molecule has 3 aliphatic rings. The lowest BCUT2D eigenvalue weighted by atomic mass is 9.70. The number of halogens is 1. The first-order valence-electron chi connectivity index (χ1n) is 12.7. The van der Waals surface area contributed by atoms with Crippen molar-refractivity contribution >= 4 is 17.3 Å². The van der Waals surface area contributed by atoms with Crippen LogP contribution in [0.2, 0.25) is 0 Å². The molecule has 3 aliphatic heterocycles. The van der Waals surface area contributed by atoms with Gasteiger partial charge in [-0.3, -0.25) is 14.8 Å². The number of carbonyl (C=O) groups is 1. The van der Waals surface area contributed by atoms with Crippen LogP contribution in [0.15, 0.2) is 48.8 Å². The van der Waals surface area contributed by atoms with Crippen molar-refractivity contribution in [3.63, 3.8) is 0 Å². The zero-order chi connectivity index (χ0) is 25.8. The summed E-state index contributed by atoms with van der Waals surface area (Å²) in [6, 6.07) is 11.4. The third-order valence-corrected chi connectivity index (χ3v) is 7.83. The van der Waals surface area contributed by atoms with Gasteiger partial charge in [-0.2, -0.15) is 0 Å². The van der Waals surface area contributed by atoms with Crippen LogP contribution in [-0.4, -0.2) is 54.9 Å². The van der Waals surface area contributed by atoms with E-state index in [1.165, 1.54) is 26.1 Å². The van der Waals surface area contributed by atoms with Crippen molar-refractivity contribution in [2.45, 2.75) is 38.9 Å². The summed E-state index contributed by atoms with van der Waals surface area (Å²) in [5.74, 6) is -0.310. The SMILES string of the molecule is Cc1ccc(NC(=O)c2ccnc(C(C)(C)F)c2)cc1-c1cnc2c(c1)N1CCOCC1C1(COC1)C2. The predicted octanol–water partition coefficient (Wildman–Crippen LogP) is 4.69. The fraction of sp³-hybridized carbons (Fsp3) is 0.414. The number of pyridine rings is 2. The molecule has 8 heteroatoms. The highest BCUT2D eigenvalue weighted by molar-refractivity contribution is 6.04. The molecular formula is C29H31FN4O3. The number of amides is 1. The van der Waals surface area contributed by atoms with Gasteiger partial charge in [0.1, 0.15) is 5.67 Å². The average Bonchev–Trinajstić information content (AvgIpc) is 2.87. The highest BCUT2D eigenvalue weighted by Gasteiger charge is 2.53. The van der Waals surface area contributed by atoms with Crippen LogP contribution >= 0.6 is 0 Å². The minimum absolute atomic E-state index is 0.0895. The van der Waals surface area contributed by atoms with E-state index in [1.807, 2.05) is 24.4 Å². The molecule has 6 rings (SSSR count). The lowest BCUT2D eigenvalue weighted by molar-refractivity contribution is -0.146. The number of morpholine rings is 1. The molecule has 2 aromatic heterocycles. The number of rotatable bonds is 4. The Morgan fingerprint density at radius 3 is 2.76 bits per heavy atom. The van der Waals surface area contributed by atoms with Crippen molar-refractivity contribution in [3.8, 4) is 11.1 Å². The number of ether oxygens (including phenoxy) is 2. The second-order valence-electron chi connectivity index (χ2n) is 10.9. The Hall–Kier alpha value is -3.36. The van der Waals surface area contributed by atoms with Crippen LogP contribution in [-0.2, 0) is 21.6 Å². The van der Waals surface area contributed by atoms with Gasteiger partial charge in [0, 0.05) is 47.6 Å². The topological polar surface area (TPSA) is 76.6 Å². The second kappa shape index (κ2) is 8.89. The van der Waals surface area contributed by atoms with Gasteiger partial charge in [0.05, 0.1) is 49.5 Å². The van der Waals surface area contributed by atoms with E-state index < -0.39 is 5.67 Å². The number of anilines is 2. The number of hydrogen-bond acceptors (Lipinski definition) is 6. The maximum atomic E-state index is 14.3. The Morgan fingerprint density at radius 1 is 1.16 bits per heavy atom. The van der Waals surface area contributed by atoms with Gasteiger partial charge in [-0.25, -0.2) is 4.39 Å². The molecule has 1 atom stereocenters. The molecule has 1 N–H and O–H groups in total. The van der Waals surface area contributed by atoms with E-state index in [1.54, 1.807) is 6.07 Å². The first-order chi connectivity index (χ1) is 17.7. The van der Waals surface area contributed by atoms with Crippen molar-refractivity contribution < 1.29 is 18.7 Å². The number of nitrogens with one attached hydrogen (secondary N) is 1. The molecule has 0 aliphatic carbocycles. The van der Waals surface area contributed by atoms with Crippen LogP contribution in [0.1, 0.15) is 41.2 Å². The maximum absolute atomic E-state index is 14.3. The van der Waals surface area contributed by atoms with Crippen LogP contribution < -0.4 is 10.2 Å². The number of hydrogen-bond donors (Lipinski definition) is 1. The Balaban J connectivity index is 1.29. The fourth-order valence-corrected chi connectivity index (χ4v) is 5.63. The second-order valence-corrected chi connectivity index (χ2v) is 10.9. The van der Waals surface area contributed by atoms with E-state index >= 15 is 0 Å². The predicted molar refractivity (Wildman–Crippen MR) is 140 cm³/mol. The standard InChI is InChI=1S/C29H31FN4O3/c1-18-4-5-21(33-27(35)19-6-7-31-25(11-19)28(2,3)30)12-22(18)20-10-24-23(32-14-20)13-29(16-37-17-29)26-15-36-9-8-34(24)26/h4-7,10-12,14,26H,8-9,13,15-17H2,1-3H3,(H,33,35). The summed E-state index contributed by atoms with van der Waals surface area (Å²) in [4.78, 5) is 24.4. The molecule has 7 nitrogen and oxygen atoms in total. The van der Waals surface area contributed by atoms with Crippen LogP contribution in [0, 0.1) is 12.3 Å². The van der Waals surface area contributed by atoms with Crippen molar-refractivity contribution in [1.82, 2.24) is 9.97 Å². The maximum Gasteiger partial charge on any atom is 0.255 e. The molecular weight excluding hydrogens is 471 g/mol. The number of fused-ring (bicyclic) bond motifs is 4. The molecule has 0 bridgehead atoms. The Kier molecular flexibility index (Phi) is 5.76. The summed E-state index contributed by atoms with van der Waals surface area (Å²) in [5.41, 5.74) is 5.08. The molecule has 0 saturated carbocycles. The zero-order valence-electron chi connectivity index (χ0n) is 21.4. The third-order valence-electron chi connectivity index (χ3n) is 7.83. The fourth-order valence-electron chi connectivity index (χ4n) is 5.63. The summed E-state index contributed by atoms with van der Waals surface area (Å²) in [6.07, 6.45) is 4.29. The molecule has 5 heterocycles. The number of benzene rings is 1. The Morgan fingerprint density at radius 2 is 2.00 bits per heavy atom. The number of alkyl halides is 1. The molecule has 1 unspecified atom stereocenters. The van der Waals surface area contributed by atoms with E-state index in [-0.39, 0.29) is 17.0 Å². The molecule has 0 radical (unpaired) electrons. The Labute approximate surface area is 216 Å². The summed E-state index contributed by atoms with van der Waals surface area (Å²) in [5, 5.41) is 2.96. The first kappa shape index (κ1) is 24.0. The van der Waals surface area contributed by atoms with E-state index in [0.29, 0.717) is 30.5 Å². The number of aromatic nitrogens is 2. The normalized spacial score (nSPS) is 20.1. The van der Waals surface area contributed by atoms with E-state index in [4.69, 9.17) is 14.5 Å². The monoisotopic (exact) mass is 502 g/mol. The number of carbonyl (C=O) groups excluding carboxylic acids is 1.